The number of piperidine rings is 1. The van der Waals surface area contributed by atoms with Crippen molar-refractivity contribution in [3.63, 3.8) is 0 Å². The van der Waals surface area contributed by atoms with Gasteiger partial charge < -0.3 is 19.7 Å². The van der Waals surface area contributed by atoms with Crippen molar-refractivity contribution in [2.45, 2.75) is 45.8 Å². The number of ether oxygens (including phenoxy) is 2. The zero-order valence-electron chi connectivity index (χ0n) is 21.2. The lowest BCUT2D eigenvalue weighted by molar-refractivity contribution is -0.121. The summed E-state index contributed by atoms with van der Waals surface area (Å²) < 4.78 is 11.4. The number of amides is 2. The molecule has 1 fully saturated rings. The Morgan fingerprint density at radius 3 is 2.22 bits per heavy atom. The number of nitrogens with zero attached hydrogens (tertiary/aromatic N) is 1. The fourth-order valence-corrected chi connectivity index (χ4v) is 4.15. The molecule has 0 bridgehead atoms. The van der Waals surface area contributed by atoms with Crippen molar-refractivity contribution in [3.8, 4) is 16.9 Å². The van der Waals surface area contributed by atoms with Crippen LogP contribution in [-0.4, -0.2) is 35.6 Å². The van der Waals surface area contributed by atoms with Gasteiger partial charge in [-0.25, -0.2) is 4.79 Å². The predicted octanol–water partition coefficient (Wildman–Crippen LogP) is 6.52. The lowest BCUT2D eigenvalue weighted by Crippen LogP contribution is -2.43. The van der Waals surface area contributed by atoms with E-state index >= 15 is 0 Å². The maximum absolute atomic E-state index is 12.8. The summed E-state index contributed by atoms with van der Waals surface area (Å²) in [7, 11) is 0. The number of carbonyl (C=O) groups excluding carboxylic acids is 2. The molecule has 1 saturated heterocycles. The molecule has 0 saturated carbocycles. The zero-order chi connectivity index (χ0) is 25.5. The van der Waals surface area contributed by atoms with Crippen LogP contribution in [0.2, 0.25) is 0 Å². The number of nitrogens with one attached hydrogen (secondary N) is 1. The molecule has 4 rings (SSSR count). The molecule has 0 unspecified atom stereocenters. The quantitative estimate of drug-likeness (QED) is 0.431. The molecule has 6 heteroatoms. The van der Waals surface area contributed by atoms with E-state index in [1.165, 1.54) is 11.1 Å². The third-order valence-corrected chi connectivity index (χ3v) is 6.09. The molecule has 1 aliphatic rings. The van der Waals surface area contributed by atoms with Gasteiger partial charge in [0.25, 0.3) is 0 Å². The molecule has 36 heavy (non-hydrogen) atoms. The number of likely N-dealkylation sites (tertiary alicyclic amines) is 1. The zero-order valence-corrected chi connectivity index (χ0v) is 21.2. The maximum Gasteiger partial charge on any atom is 0.410 e. The van der Waals surface area contributed by atoms with Gasteiger partial charge in [-0.2, -0.15) is 0 Å². The topological polar surface area (TPSA) is 67.9 Å². The Morgan fingerprint density at radius 1 is 0.889 bits per heavy atom. The van der Waals surface area contributed by atoms with Crippen molar-refractivity contribution in [1.29, 1.82) is 0 Å². The van der Waals surface area contributed by atoms with E-state index < -0.39 is 5.60 Å². The van der Waals surface area contributed by atoms with Gasteiger partial charge in [-0.3, -0.25) is 4.79 Å². The van der Waals surface area contributed by atoms with Crippen LogP contribution in [0.15, 0.2) is 78.9 Å². The lowest BCUT2D eigenvalue weighted by atomic mass is 9.96. The van der Waals surface area contributed by atoms with E-state index in [1.807, 2.05) is 63.2 Å². The van der Waals surface area contributed by atoms with Gasteiger partial charge in [-0.05, 0) is 62.4 Å². The molecule has 0 spiro atoms. The van der Waals surface area contributed by atoms with Crippen molar-refractivity contribution in [2.24, 2.45) is 5.92 Å². The largest absolute Gasteiger partial charge is 0.489 e. The number of benzene rings is 3. The molecule has 0 aromatic heterocycles. The van der Waals surface area contributed by atoms with Gasteiger partial charge in [-0.15, -0.1) is 0 Å². The van der Waals surface area contributed by atoms with E-state index in [0.717, 1.165) is 5.56 Å². The van der Waals surface area contributed by atoms with Gasteiger partial charge in [0.15, 0.2) is 0 Å². The summed E-state index contributed by atoms with van der Waals surface area (Å²) in [5.74, 6) is 0.517. The highest BCUT2D eigenvalue weighted by atomic mass is 16.6. The molecule has 3 aromatic carbocycles. The Hall–Kier alpha value is -3.80. The number of anilines is 1. The molecule has 0 atom stereocenters. The molecule has 6 nitrogen and oxygen atoms in total. The van der Waals surface area contributed by atoms with E-state index in [4.69, 9.17) is 9.47 Å². The van der Waals surface area contributed by atoms with E-state index in [0.29, 0.717) is 44.0 Å². The van der Waals surface area contributed by atoms with E-state index in [9.17, 15) is 9.59 Å². The number of hydrogen-bond donors (Lipinski definition) is 1. The first-order valence-corrected chi connectivity index (χ1v) is 12.4. The fraction of sp³-hybridized carbons (Fsp3) is 0.333. The van der Waals surface area contributed by atoms with Crippen molar-refractivity contribution >= 4 is 17.7 Å². The second kappa shape index (κ2) is 11.3. The molecule has 1 heterocycles. The fourth-order valence-electron chi connectivity index (χ4n) is 4.15. The van der Waals surface area contributed by atoms with Crippen LogP contribution >= 0.6 is 0 Å². The van der Waals surface area contributed by atoms with Crippen LogP contribution in [0.4, 0.5) is 10.5 Å². The number of carbonyl (C=O) groups is 2. The summed E-state index contributed by atoms with van der Waals surface area (Å²) >= 11 is 0. The number of hydrogen-bond acceptors (Lipinski definition) is 4. The van der Waals surface area contributed by atoms with Gasteiger partial charge >= 0.3 is 6.09 Å². The van der Waals surface area contributed by atoms with Crippen LogP contribution in [0.1, 0.15) is 39.2 Å². The number of rotatable bonds is 6. The summed E-state index contributed by atoms with van der Waals surface area (Å²) in [6, 6.07) is 26.0. The van der Waals surface area contributed by atoms with E-state index in [2.05, 4.69) is 41.7 Å². The van der Waals surface area contributed by atoms with Crippen molar-refractivity contribution in [3.05, 3.63) is 84.4 Å². The molecule has 0 aliphatic carbocycles. The molecule has 3 aromatic rings. The second-order valence-corrected chi connectivity index (χ2v) is 10.1. The van der Waals surface area contributed by atoms with Crippen LogP contribution in [0.5, 0.6) is 5.75 Å². The van der Waals surface area contributed by atoms with Crippen molar-refractivity contribution in [2.75, 3.05) is 18.4 Å². The van der Waals surface area contributed by atoms with E-state index in [-0.39, 0.29) is 17.9 Å². The molecule has 1 aliphatic heterocycles. The molecule has 2 amide bonds. The maximum atomic E-state index is 12.8. The highest BCUT2D eigenvalue weighted by Gasteiger charge is 2.30. The van der Waals surface area contributed by atoms with Gasteiger partial charge in [-0.1, -0.05) is 60.7 Å². The first-order valence-electron chi connectivity index (χ1n) is 12.4. The van der Waals surface area contributed by atoms with Gasteiger partial charge in [0.1, 0.15) is 18.0 Å². The first-order chi connectivity index (χ1) is 17.3. The van der Waals surface area contributed by atoms with Gasteiger partial charge in [0, 0.05) is 30.8 Å². The highest BCUT2D eigenvalue weighted by molar-refractivity contribution is 5.92. The minimum Gasteiger partial charge on any atom is -0.489 e. The van der Waals surface area contributed by atoms with Crippen LogP contribution < -0.4 is 10.1 Å². The third-order valence-electron chi connectivity index (χ3n) is 6.09. The summed E-state index contributed by atoms with van der Waals surface area (Å²) in [5.41, 5.74) is 3.60. The molecule has 188 valence electrons. The average Bonchev–Trinajstić information content (AvgIpc) is 2.87. The van der Waals surface area contributed by atoms with Crippen molar-refractivity contribution < 1.29 is 19.1 Å². The van der Waals surface area contributed by atoms with Crippen LogP contribution in [0.25, 0.3) is 11.1 Å². The molecule has 0 radical (unpaired) electrons. The monoisotopic (exact) mass is 486 g/mol. The smallest absolute Gasteiger partial charge is 0.410 e. The SMILES string of the molecule is CC(C)(C)OC(=O)N1CCC(C(=O)Nc2cccc(OCc3ccc(-c4ccccc4)cc3)c2)CC1. The Balaban J connectivity index is 1.26. The van der Waals surface area contributed by atoms with Crippen LogP contribution in [-0.2, 0) is 16.1 Å². The van der Waals surface area contributed by atoms with Crippen molar-refractivity contribution in [1.82, 2.24) is 4.90 Å². The lowest BCUT2D eigenvalue weighted by Gasteiger charge is -2.32. The van der Waals surface area contributed by atoms with Crippen LogP contribution in [0, 0.1) is 5.92 Å². The Bertz CT molecular complexity index is 1160. The molecular weight excluding hydrogens is 452 g/mol. The summed E-state index contributed by atoms with van der Waals surface area (Å²) in [6.45, 7) is 7.02. The predicted molar refractivity (Wildman–Crippen MR) is 142 cm³/mol. The minimum absolute atomic E-state index is 0.0347. The molecule has 1 N–H and O–H groups in total. The van der Waals surface area contributed by atoms with Gasteiger partial charge in [0.2, 0.25) is 5.91 Å². The summed E-state index contributed by atoms with van der Waals surface area (Å²) in [5, 5.41) is 3.00. The molecular formula is C30H34N2O4. The Kier molecular flexibility index (Phi) is 7.93. The average molecular weight is 487 g/mol. The van der Waals surface area contributed by atoms with E-state index in [1.54, 1.807) is 4.90 Å². The van der Waals surface area contributed by atoms with Crippen LogP contribution in [0.3, 0.4) is 0 Å². The van der Waals surface area contributed by atoms with Gasteiger partial charge in [0.05, 0.1) is 0 Å². The summed E-state index contributed by atoms with van der Waals surface area (Å²) in [6.07, 6.45) is 0.904. The first kappa shape index (κ1) is 25.3. The second-order valence-electron chi connectivity index (χ2n) is 10.1. The standard InChI is InChI=1S/C30H34N2O4/c1-30(2,3)36-29(34)32-18-16-25(17-19-32)28(33)31-26-10-7-11-27(20-26)35-21-22-12-14-24(15-13-22)23-8-5-4-6-9-23/h4-15,20,25H,16-19,21H2,1-3H3,(H,31,33). The summed E-state index contributed by atoms with van der Waals surface area (Å²) in [4.78, 5) is 26.8. The Labute approximate surface area is 213 Å². The Morgan fingerprint density at radius 2 is 1.56 bits per heavy atom. The third kappa shape index (κ3) is 7.11. The highest BCUT2D eigenvalue weighted by Crippen LogP contribution is 2.24. The minimum atomic E-state index is -0.524. The normalized spacial score (nSPS) is 14.2.